The van der Waals surface area contributed by atoms with Gasteiger partial charge in [-0.05, 0) is 26.0 Å². The summed E-state index contributed by atoms with van der Waals surface area (Å²) in [6.45, 7) is 4.03. The van der Waals surface area contributed by atoms with Crippen LogP contribution in [0.15, 0.2) is 55.2 Å². The van der Waals surface area contributed by atoms with Crippen LogP contribution in [0.2, 0.25) is 0 Å². The van der Waals surface area contributed by atoms with Crippen LogP contribution in [-0.4, -0.2) is 30.3 Å². The molecule has 6 nitrogen and oxygen atoms in total. The van der Waals surface area contributed by atoms with Gasteiger partial charge < -0.3 is 4.74 Å². The molecular formula is C19H19N5O. The minimum atomic E-state index is 0.136. The Hall–Kier alpha value is -3.15. The molecule has 0 aliphatic heterocycles. The largest absolute Gasteiger partial charge is 0.491 e. The minimum absolute atomic E-state index is 0.136. The second-order valence-corrected chi connectivity index (χ2v) is 6.24. The molecule has 0 fully saturated rings. The zero-order valence-corrected chi connectivity index (χ0v) is 14.4. The fourth-order valence-corrected chi connectivity index (χ4v) is 2.81. The summed E-state index contributed by atoms with van der Waals surface area (Å²) in [5.41, 5.74) is 4.68. The van der Waals surface area contributed by atoms with Crippen LogP contribution in [0.5, 0.6) is 5.75 Å². The van der Waals surface area contributed by atoms with Gasteiger partial charge >= 0.3 is 0 Å². The van der Waals surface area contributed by atoms with E-state index in [0.717, 1.165) is 33.9 Å². The van der Waals surface area contributed by atoms with E-state index in [1.165, 1.54) is 0 Å². The van der Waals surface area contributed by atoms with Crippen molar-refractivity contribution >= 4 is 5.65 Å². The Bertz CT molecular complexity index is 1030. The zero-order chi connectivity index (χ0) is 17.4. The third-order valence-corrected chi connectivity index (χ3v) is 3.90. The van der Waals surface area contributed by atoms with E-state index in [1.54, 1.807) is 10.9 Å². The molecule has 3 heterocycles. The molecule has 0 aliphatic rings. The van der Waals surface area contributed by atoms with Crippen molar-refractivity contribution < 1.29 is 4.74 Å². The SMILES string of the molecule is CC(C)Oc1cccc(-c2cn3c(-c4cnn(C)c4)cnc3cn2)c1. The third kappa shape index (κ3) is 2.98. The van der Waals surface area contributed by atoms with E-state index in [1.807, 2.05) is 74.3 Å². The third-order valence-electron chi connectivity index (χ3n) is 3.90. The summed E-state index contributed by atoms with van der Waals surface area (Å²) in [6.07, 6.45) is 9.57. The van der Waals surface area contributed by atoms with Gasteiger partial charge in [0.25, 0.3) is 0 Å². The van der Waals surface area contributed by atoms with Crippen molar-refractivity contribution in [2.75, 3.05) is 0 Å². The first-order valence-electron chi connectivity index (χ1n) is 8.19. The molecule has 0 saturated heterocycles. The number of hydrogen-bond donors (Lipinski definition) is 0. The quantitative estimate of drug-likeness (QED) is 0.573. The summed E-state index contributed by atoms with van der Waals surface area (Å²) in [5.74, 6) is 0.840. The van der Waals surface area contributed by atoms with Crippen LogP contribution in [-0.2, 0) is 7.05 Å². The number of hydrogen-bond acceptors (Lipinski definition) is 4. The van der Waals surface area contributed by atoms with Gasteiger partial charge in [-0.15, -0.1) is 0 Å². The van der Waals surface area contributed by atoms with Crippen molar-refractivity contribution in [3.8, 4) is 28.3 Å². The summed E-state index contributed by atoms with van der Waals surface area (Å²) < 4.78 is 9.61. The number of aromatic nitrogens is 5. The number of nitrogens with zero attached hydrogens (tertiary/aromatic N) is 5. The van der Waals surface area contributed by atoms with Crippen LogP contribution in [0.25, 0.3) is 28.2 Å². The molecule has 0 N–H and O–H groups in total. The summed E-state index contributed by atoms with van der Waals surface area (Å²) in [4.78, 5) is 8.98. The van der Waals surface area contributed by atoms with E-state index in [4.69, 9.17) is 4.74 Å². The monoisotopic (exact) mass is 333 g/mol. The lowest BCUT2D eigenvalue weighted by molar-refractivity contribution is 0.242. The predicted octanol–water partition coefficient (Wildman–Crippen LogP) is 3.58. The molecule has 0 atom stereocenters. The fourth-order valence-electron chi connectivity index (χ4n) is 2.81. The minimum Gasteiger partial charge on any atom is -0.491 e. The molecular weight excluding hydrogens is 314 g/mol. The molecule has 0 bridgehead atoms. The molecule has 0 aliphatic carbocycles. The summed E-state index contributed by atoms with van der Waals surface area (Å²) >= 11 is 0. The van der Waals surface area contributed by atoms with Crippen molar-refractivity contribution in [3.63, 3.8) is 0 Å². The molecule has 3 aromatic heterocycles. The Labute approximate surface area is 145 Å². The second-order valence-electron chi connectivity index (χ2n) is 6.24. The highest BCUT2D eigenvalue weighted by Crippen LogP contribution is 2.25. The van der Waals surface area contributed by atoms with Crippen LogP contribution in [0, 0.1) is 0 Å². The highest BCUT2D eigenvalue weighted by molar-refractivity contribution is 5.66. The average molecular weight is 333 g/mol. The Kier molecular flexibility index (Phi) is 3.72. The molecule has 0 saturated carbocycles. The number of fused-ring (bicyclic) bond motifs is 1. The predicted molar refractivity (Wildman–Crippen MR) is 96.4 cm³/mol. The van der Waals surface area contributed by atoms with Gasteiger partial charge in [-0.3, -0.25) is 14.1 Å². The van der Waals surface area contributed by atoms with Crippen molar-refractivity contribution in [1.29, 1.82) is 0 Å². The highest BCUT2D eigenvalue weighted by Gasteiger charge is 2.10. The molecule has 1 aromatic carbocycles. The average Bonchev–Trinajstić information content (AvgIpc) is 3.19. The molecule has 126 valence electrons. The van der Waals surface area contributed by atoms with Gasteiger partial charge in [0.15, 0.2) is 5.65 Å². The number of ether oxygens (including phenoxy) is 1. The van der Waals surface area contributed by atoms with E-state index >= 15 is 0 Å². The summed E-state index contributed by atoms with van der Waals surface area (Å²) in [6, 6.07) is 7.98. The maximum absolute atomic E-state index is 5.79. The van der Waals surface area contributed by atoms with Crippen molar-refractivity contribution in [3.05, 3.63) is 55.2 Å². The first-order valence-corrected chi connectivity index (χ1v) is 8.19. The topological polar surface area (TPSA) is 57.2 Å². The Balaban J connectivity index is 1.79. The maximum Gasteiger partial charge on any atom is 0.155 e. The van der Waals surface area contributed by atoms with Crippen LogP contribution in [0.3, 0.4) is 0 Å². The Morgan fingerprint density at radius 2 is 1.88 bits per heavy atom. The van der Waals surface area contributed by atoms with Gasteiger partial charge in [0, 0.05) is 30.6 Å². The molecule has 4 rings (SSSR count). The molecule has 0 amide bonds. The normalized spacial score (nSPS) is 11.4. The first-order chi connectivity index (χ1) is 12.1. The van der Waals surface area contributed by atoms with E-state index in [0.29, 0.717) is 0 Å². The molecule has 4 aromatic rings. The Morgan fingerprint density at radius 3 is 2.64 bits per heavy atom. The second kappa shape index (κ2) is 6.05. The van der Waals surface area contributed by atoms with Crippen LogP contribution in [0.1, 0.15) is 13.8 Å². The van der Waals surface area contributed by atoms with Gasteiger partial charge in [-0.2, -0.15) is 5.10 Å². The molecule has 6 heteroatoms. The molecule has 0 spiro atoms. The lowest BCUT2D eigenvalue weighted by Gasteiger charge is -2.11. The van der Waals surface area contributed by atoms with E-state index in [-0.39, 0.29) is 6.10 Å². The molecule has 0 unspecified atom stereocenters. The smallest absolute Gasteiger partial charge is 0.155 e. The number of benzene rings is 1. The first kappa shape index (κ1) is 15.4. The number of rotatable bonds is 4. The lowest BCUT2D eigenvalue weighted by atomic mass is 10.1. The Morgan fingerprint density at radius 1 is 1.00 bits per heavy atom. The lowest BCUT2D eigenvalue weighted by Crippen LogP contribution is -2.05. The number of imidazole rings is 1. The van der Waals surface area contributed by atoms with Gasteiger partial charge in [0.1, 0.15) is 5.75 Å². The van der Waals surface area contributed by atoms with Gasteiger partial charge in [-0.25, -0.2) is 4.98 Å². The molecule has 25 heavy (non-hydrogen) atoms. The number of aryl methyl sites for hydroxylation is 1. The fraction of sp³-hybridized carbons (Fsp3) is 0.211. The van der Waals surface area contributed by atoms with Crippen molar-refractivity contribution in [2.45, 2.75) is 20.0 Å². The van der Waals surface area contributed by atoms with E-state index < -0.39 is 0 Å². The van der Waals surface area contributed by atoms with Gasteiger partial charge in [0.05, 0.1) is 36.1 Å². The van der Waals surface area contributed by atoms with E-state index in [2.05, 4.69) is 15.1 Å². The van der Waals surface area contributed by atoms with Gasteiger partial charge in [0.2, 0.25) is 0 Å². The van der Waals surface area contributed by atoms with Crippen molar-refractivity contribution in [2.24, 2.45) is 7.05 Å². The van der Waals surface area contributed by atoms with Crippen LogP contribution in [0.4, 0.5) is 0 Å². The van der Waals surface area contributed by atoms with Crippen molar-refractivity contribution in [1.82, 2.24) is 24.1 Å². The van der Waals surface area contributed by atoms with Crippen LogP contribution < -0.4 is 4.74 Å². The standard InChI is InChI=1S/C19H19N5O/c1-13(2)25-16-6-4-5-14(7-16)17-12-24-18(9-21-19(24)10-20-17)15-8-22-23(3)11-15/h4-13H,1-3H3. The summed E-state index contributed by atoms with van der Waals surface area (Å²) in [7, 11) is 1.90. The van der Waals surface area contributed by atoms with Crippen LogP contribution >= 0.6 is 0 Å². The van der Waals surface area contributed by atoms with E-state index in [9.17, 15) is 0 Å². The zero-order valence-electron chi connectivity index (χ0n) is 14.4. The highest BCUT2D eigenvalue weighted by atomic mass is 16.5. The molecule has 0 radical (unpaired) electrons. The maximum atomic E-state index is 5.79. The summed E-state index contributed by atoms with van der Waals surface area (Å²) in [5, 5.41) is 4.24. The van der Waals surface area contributed by atoms with Gasteiger partial charge in [-0.1, -0.05) is 12.1 Å².